The largest absolute Gasteiger partial charge is 0.364 e. The molecule has 0 aliphatic carbocycles. The van der Waals surface area contributed by atoms with Crippen LogP contribution in [0.1, 0.15) is 24.4 Å². The van der Waals surface area contributed by atoms with Crippen molar-refractivity contribution in [2.45, 2.75) is 24.9 Å². The fourth-order valence-electron chi connectivity index (χ4n) is 2.53. The van der Waals surface area contributed by atoms with E-state index in [1.165, 1.54) is 6.33 Å². The Labute approximate surface area is 127 Å². The van der Waals surface area contributed by atoms with Crippen molar-refractivity contribution in [2.24, 2.45) is 0 Å². The highest BCUT2D eigenvalue weighted by Crippen LogP contribution is 2.28. The Morgan fingerprint density at radius 2 is 2.10 bits per heavy atom. The van der Waals surface area contributed by atoms with E-state index in [1.54, 1.807) is 6.20 Å². The molecule has 2 N–H and O–H groups in total. The normalized spacial score (nSPS) is 21.7. The number of benzene rings is 1. The van der Waals surface area contributed by atoms with Gasteiger partial charge in [0.15, 0.2) is 0 Å². The highest BCUT2D eigenvalue weighted by Gasteiger charge is 2.30. The summed E-state index contributed by atoms with van der Waals surface area (Å²) in [7, 11) is 0. The van der Waals surface area contributed by atoms with Gasteiger partial charge >= 0.3 is 0 Å². The number of nitrogens with one attached hydrogen (secondary N) is 2. The Bertz CT molecular complexity index is 635. The molecule has 2 atom stereocenters. The van der Waals surface area contributed by atoms with Crippen LogP contribution in [0, 0.1) is 0 Å². The van der Waals surface area contributed by atoms with E-state index in [4.69, 9.17) is 11.6 Å². The molecule has 1 saturated heterocycles. The molecule has 5 nitrogen and oxygen atoms in total. The SMILES string of the molecule is O=C1CC[C@@H](Nc2ncncc2Cl)[C@H](c2ccccc2)N1. The second-order valence-electron chi connectivity index (χ2n) is 4.96. The van der Waals surface area contributed by atoms with E-state index in [0.717, 1.165) is 12.0 Å². The number of aromatic nitrogens is 2. The molecule has 1 fully saturated rings. The molecule has 108 valence electrons. The summed E-state index contributed by atoms with van der Waals surface area (Å²) in [6.45, 7) is 0. The zero-order chi connectivity index (χ0) is 14.7. The number of carbonyl (C=O) groups excluding carboxylic acids is 1. The first-order chi connectivity index (χ1) is 10.2. The maximum atomic E-state index is 11.7. The third kappa shape index (κ3) is 3.13. The number of hydrogen-bond acceptors (Lipinski definition) is 4. The molecule has 1 amide bonds. The summed E-state index contributed by atoms with van der Waals surface area (Å²) in [4.78, 5) is 19.7. The quantitative estimate of drug-likeness (QED) is 0.914. The van der Waals surface area contributed by atoms with Gasteiger partial charge in [0, 0.05) is 6.42 Å². The predicted molar refractivity (Wildman–Crippen MR) is 81.0 cm³/mol. The maximum absolute atomic E-state index is 11.7. The molecule has 1 aliphatic rings. The third-order valence-electron chi connectivity index (χ3n) is 3.55. The Hall–Kier alpha value is -2.14. The summed E-state index contributed by atoms with van der Waals surface area (Å²) in [6.07, 6.45) is 4.22. The topological polar surface area (TPSA) is 66.9 Å². The molecule has 21 heavy (non-hydrogen) atoms. The van der Waals surface area contributed by atoms with E-state index in [-0.39, 0.29) is 18.0 Å². The Kier molecular flexibility index (Phi) is 4.01. The lowest BCUT2D eigenvalue weighted by Crippen LogP contribution is -2.45. The van der Waals surface area contributed by atoms with Crippen LogP contribution in [-0.2, 0) is 4.79 Å². The van der Waals surface area contributed by atoms with Gasteiger partial charge in [-0.05, 0) is 12.0 Å². The van der Waals surface area contributed by atoms with E-state index in [1.807, 2.05) is 30.3 Å². The molecule has 1 aromatic carbocycles. The monoisotopic (exact) mass is 302 g/mol. The van der Waals surface area contributed by atoms with Crippen LogP contribution in [0.4, 0.5) is 5.82 Å². The number of anilines is 1. The summed E-state index contributed by atoms with van der Waals surface area (Å²) in [6, 6.07) is 9.84. The van der Waals surface area contributed by atoms with E-state index in [2.05, 4.69) is 20.6 Å². The first-order valence-electron chi connectivity index (χ1n) is 6.80. The van der Waals surface area contributed by atoms with Gasteiger partial charge in [-0.25, -0.2) is 9.97 Å². The van der Waals surface area contributed by atoms with Crippen LogP contribution < -0.4 is 10.6 Å². The number of hydrogen-bond donors (Lipinski definition) is 2. The number of rotatable bonds is 3. The zero-order valence-electron chi connectivity index (χ0n) is 11.3. The zero-order valence-corrected chi connectivity index (χ0v) is 12.0. The number of piperidine rings is 1. The lowest BCUT2D eigenvalue weighted by molar-refractivity contribution is -0.123. The number of halogens is 1. The van der Waals surface area contributed by atoms with Crippen molar-refractivity contribution in [1.82, 2.24) is 15.3 Å². The molecule has 3 rings (SSSR count). The molecule has 0 bridgehead atoms. The van der Waals surface area contributed by atoms with Gasteiger partial charge in [0.25, 0.3) is 0 Å². The lowest BCUT2D eigenvalue weighted by Gasteiger charge is -2.33. The van der Waals surface area contributed by atoms with Gasteiger partial charge in [0.05, 0.1) is 18.3 Å². The number of nitrogens with zero attached hydrogens (tertiary/aromatic N) is 2. The first kappa shape index (κ1) is 13.8. The molecule has 6 heteroatoms. The summed E-state index contributed by atoms with van der Waals surface area (Å²) in [5, 5.41) is 6.83. The highest BCUT2D eigenvalue weighted by molar-refractivity contribution is 6.32. The fourth-order valence-corrected chi connectivity index (χ4v) is 2.69. The molecule has 2 heterocycles. The van der Waals surface area contributed by atoms with E-state index in [9.17, 15) is 4.79 Å². The van der Waals surface area contributed by atoms with Crippen LogP contribution >= 0.6 is 11.6 Å². The number of amides is 1. The van der Waals surface area contributed by atoms with Gasteiger partial charge in [-0.3, -0.25) is 4.79 Å². The first-order valence-corrected chi connectivity index (χ1v) is 7.18. The minimum absolute atomic E-state index is 0.0394. The smallest absolute Gasteiger partial charge is 0.220 e. The van der Waals surface area contributed by atoms with Crippen LogP contribution in [0.3, 0.4) is 0 Å². The summed E-state index contributed by atoms with van der Waals surface area (Å²) in [5.41, 5.74) is 1.06. The molecule has 2 aromatic rings. The van der Waals surface area contributed by atoms with Crippen molar-refractivity contribution in [3.63, 3.8) is 0 Å². The molecule has 1 aliphatic heterocycles. The van der Waals surface area contributed by atoms with Crippen molar-refractivity contribution in [1.29, 1.82) is 0 Å². The van der Waals surface area contributed by atoms with Gasteiger partial charge in [-0.1, -0.05) is 41.9 Å². The van der Waals surface area contributed by atoms with Crippen LogP contribution in [0.5, 0.6) is 0 Å². The molecule has 0 spiro atoms. The highest BCUT2D eigenvalue weighted by atomic mass is 35.5. The van der Waals surface area contributed by atoms with Crippen LogP contribution in [0.25, 0.3) is 0 Å². The van der Waals surface area contributed by atoms with Crippen molar-refractivity contribution in [3.8, 4) is 0 Å². The molecular formula is C15H15ClN4O. The molecule has 0 radical (unpaired) electrons. The Morgan fingerprint density at radius 3 is 2.86 bits per heavy atom. The summed E-state index contributed by atoms with van der Waals surface area (Å²) in [5.74, 6) is 0.657. The molecule has 1 aromatic heterocycles. The Balaban J connectivity index is 1.85. The fraction of sp³-hybridized carbons (Fsp3) is 0.267. The van der Waals surface area contributed by atoms with Gasteiger partial charge in [-0.2, -0.15) is 0 Å². The number of carbonyl (C=O) groups is 1. The van der Waals surface area contributed by atoms with Gasteiger partial charge in [-0.15, -0.1) is 0 Å². The summed E-state index contributed by atoms with van der Waals surface area (Å²) >= 11 is 6.09. The van der Waals surface area contributed by atoms with E-state index >= 15 is 0 Å². The van der Waals surface area contributed by atoms with Crippen molar-refractivity contribution in [3.05, 3.63) is 53.4 Å². The molecule has 0 saturated carbocycles. The maximum Gasteiger partial charge on any atom is 0.220 e. The van der Waals surface area contributed by atoms with Crippen LogP contribution in [-0.4, -0.2) is 21.9 Å². The average Bonchev–Trinajstić information content (AvgIpc) is 2.52. The predicted octanol–water partition coefficient (Wildman–Crippen LogP) is 2.56. The van der Waals surface area contributed by atoms with Crippen molar-refractivity contribution in [2.75, 3.05) is 5.32 Å². The minimum Gasteiger partial charge on any atom is -0.364 e. The Morgan fingerprint density at radius 1 is 1.29 bits per heavy atom. The van der Waals surface area contributed by atoms with E-state index < -0.39 is 0 Å². The summed E-state index contributed by atoms with van der Waals surface area (Å²) < 4.78 is 0. The van der Waals surface area contributed by atoms with Crippen LogP contribution in [0.15, 0.2) is 42.9 Å². The van der Waals surface area contributed by atoms with Crippen molar-refractivity contribution < 1.29 is 4.79 Å². The van der Waals surface area contributed by atoms with E-state index in [0.29, 0.717) is 17.3 Å². The van der Waals surface area contributed by atoms with Gasteiger partial charge < -0.3 is 10.6 Å². The molecule has 0 unspecified atom stereocenters. The lowest BCUT2D eigenvalue weighted by atomic mass is 9.92. The minimum atomic E-state index is -0.0986. The van der Waals surface area contributed by atoms with Gasteiger partial charge in [0.2, 0.25) is 5.91 Å². The molecular weight excluding hydrogens is 288 g/mol. The van der Waals surface area contributed by atoms with Crippen LogP contribution in [0.2, 0.25) is 5.02 Å². The standard InChI is InChI=1S/C15H15ClN4O/c16-11-8-17-9-18-15(11)19-12-6-7-13(21)20-14(12)10-4-2-1-3-5-10/h1-5,8-9,12,14H,6-7H2,(H,20,21)(H,17,18,19)/t12-,14+/m1/s1. The second kappa shape index (κ2) is 6.10. The second-order valence-corrected chi connectivity index (χ2v) is 5.37. The van der Waals surface area contributed by atoms with Crippen molar-refractivity contribution >= 4 is 23.3 Å². The third-order valence-corrected chi connectivity index (χ3v) is 3.83. The van der Waals surface area contributed by atoms with Gasteiger partial charge in [0.1, 0.15) is 17.2 Å². The average molecular weight is 303 g/mol.